The lowest BCUT2D eigenvalue weighted by atomic mass is 10.0. The molecular formula is C22H22N4O2S. The van der Waals surface area contributed by atoms with Crippen molar-refractivity contribution >= 4 is 44.3 Å². The summed E-state index contributed by atoms with van der Waals surface area (Å²) >= 11 is 1.52. The minimum atomic E-state index is -0.806. The number of hydrogen-bond acceptors (Lipinski definition) is 5. The molecule has 1 saturated heterocycles. The molecule has 0 unspecified atom stereocenters. The van der Waals surface area contributed by atoms with Crippen molar-refractivity contribution in [1.82, 2.24) is 14.3 Å². The minimum Gasteiger partial charge on any atom is -0.480 e. The van der Waals surface area contributed by atoms with E-state index in [1.54, 1.807) is 0 Å². The number of fused-ring (bicyclic) bond motifs is 2. The molecule has 2 aromatic carbocycles. The second-order valence-corrected chi connectivity index (χ2v) is 8.36. The third-order valence-electron chi connectivity index (χ3n) is 5.74. The number of aromatic nitrogens is 2. The first-order valence-electron chi connectivity index (χ1n) is 9.75. The van der Waals surface area contributed by atoms with Crippen molar-refractivity contribution in [2.24, 2.45) is 0 Å². The average Bonchev–Trinajstić information content (AvgIpc) is 3.33. The van der Waals surface area contributed by atoms with Gasteiger partial charge in [-0.25, -0.2) is 0 Å². The van der Waals surface area contributed by atoms with Crippen LogP contribution >= 0.6 is 11.5 Å². The molecule has 2 aromatic heterocycles. The molecule has 0 spiro atoms. The molecule has 148 valence electrons. The molecule has 0 saturated carbocycles. The first kappa shape index (κ1) is 18.1. The molecule has 0 radical (unpaired) electrons. The summed E-state index contributed by atoms with van der Waals surface area (Å²) in [5.41, 5.74) is 2.94. The van der Waals surface area contributed by atoms with Gasteiger partial charge in [-0.3, -0.25) is 9.69 Å². The Morgan fingerprint density at radius 1 is 1.14 bits per heavy atom. The van der Waals surface area contributed by atoms with Gasteiger partial charge < -0.3 is 15.0 Å². The van der Waals surface area contributed by atoms with E-state index < -0.39 is 12.0 Å². The number of nitrogens with one attached hydrogen (secondary N) is 1. The van der Waals surface area contributed by atoms with E-state index >= 15 is 0 Å². The monoisotopic (exact) mass is 406 g/mol. The van der Waals surface area contributed by atoms with Crippen LogP contribution in [0.2, 0.25) is 0 Å². The van der Waals surface area contributed by atoms with Crippen LogP contribution in [0.4, 0.5) is 5.82 Å². The molecule has 1 aliphatic heterocycles. The average molecular weight is 407 g/mol. The molecule has 4 aromatic rings. The maximum atomic E-state index is 12.2. The fraction of sp³-hybridized carbons (Fsp3) is 0.273. The van der Waals surface area contributed by atoms with Crippen LogP contribution in [0.5, 0.6) is 0 Å². The number of anilines is 1. The van der Waals surface area contributed by atoms with Crippen molar-refractivity contribution in [1.29, 1.82) is 0 Å². The smallest absolute Gasteiger partial charge is 0.325 e. The quantitative estimate of drug-likeness (QED) is 0.535. The number of nitrogens with zero attached hydrogens (tertiary/aromatic N) is 3. The number of H-pyrrole nitrogens is 1. The van der Waals surface area contributed by atoms with E-state index in [1.807, 2.05) is 37.4 Å². The first-order chi connectivity index (χ1) is 14.1. The van der Waals surface area contributed by atoms with E-state index in [0.29, 0.717) is 13.1 Å². The van der Waals surface area contributed by atoms with Crippen LogP contribution < -0.4 is 4.90 Å². The standard InChI is InChI=1S/C22H22N4O2S/c1-14-6-7-18-16(12-14)17(13-23-18)20(22(27)28)25-8-10-26(11-9-25)21-15-4-2-3-5-19(15)29-24-21/h2-7,12-13,20,23H,8-11H2,1H3,(H,27,28)/t20-/m0/s1. The van der Waals surface area contributed by atoms with Crippen molar-refractivity contribution < 1.29 is 9.90 Å². The number of hydrogen-bond donors (Lipinski definition) is 2. The fourth-order valence-corrected chi connectivity index (χ4v) is 5.06. The van der Waals surface area contributed by atoms with Crippen LogP contribution in [0.1, 0.15) is 17.2 Å². The summed E-state index contributed by atoms with van der Waals surface area (Å²) in [5, 5.41) is 12.2. The van der Waals surface area contributed by atoms with Gasteiger partial charge in [0.15, 0.2) is 0 Å². The molecule has 0 aliphatic carbocycles. The SMILES string of the molecule is Cc1ccc2[nH]cc([C@@H](C(=O)O)N3CCN(c4nsc5ccccc45)CC3)c2c1. The molecule has 1 atom stereocenters. The third kappa shape index (κ3) is 3.16. The summed E-state index contributed by atoms with van der Waals surface area (Å²) in [6.07, 6.45) is 1.85. The van der Waals surface area contributed by atoms with Crippen molar-refractivity contribution in [2.75, 3.05) is 31.1 Å². The Morgan fingerprint density at radius 2 is 1.93 bits per heavy atom. The minimum absolute atomic E-state index is 0.653. The summed E-state index contributed by atoms with van der Waals surface area (Å²) in [5.74, 6) is 0.208. The molecule has 2 N–H and O–H groups in total. The summed E-state index contributed by atoms with van der Waals surface area (Å²) < 4.78 is 5.84. The molecule has 1 aliphatic rings. The van der Waals surface area contributed by atoms with E-state index in [2.05, 4.69) is 37.4 Å². The van der Waals surface area contributed by atoms with E-state index in [0.717, 1.165) is 40.9 Å². The number of benzene rings is 2. The molecule has 6 nitrogen and oxygen atoms in total. The molecule has 29 heavy (non-hydrogen) atoms. The van der Waals surface area contributed by atoms with Crippen molar-refractivity contribution in [3.8, 4) is 0 Å². The summed E-state index contributed by atoms with van der Waals surface area (Å²) in [6.45, 7) is 4.92. The zero-order valence-corrected chi connectivity index (χ0v) is 16.9. The van der Waals surface area contributed by atoms with E-state index in [4.69, 9.17) is 0 Å². The zero-order chi connectivity index (χ0) is 20.0. The maximum absolute atomic E-state index is 12.2. The van der Waals surface area contributed by atoms with Gasteiger partial charge in [0.1, 0.15) is 11.9 Å². The van der Waals surface area contributed by atoms with Gasteiger partial charge >= 0.3 is 5.97 Å². The van der Waals surface area contributed by atoms with Crippen LogP contribution in [0.15, 0.2) is 48.7 Å². The highest BCUT2D eigenvalue weighted by atomic mass is 32.1. The molecule has 5 rings (SSSR count). The summed E-state index contributed by atoms with van der Waals surface area (Å²) in [6, 6.07) is 13.7. The predicted octanol–water partition coefficient (Wildman–Crippen LogP) is 4.03. The van der Waals surface area contributed by atoms with Gasteiger partial charge in [-0.2, -0.15) is 4.37 Å². The Morgan fingerprint density at radius 3 is 2.72 bits per heavy atom. The number of carbonyl (C=O) groups is 1. The van der Waals surface area contributed by atoms with E-state index in [-0.39, 0.29) is 0 Å². The Labute approximate surface area is 172 Å². The van der Waals surface area contributed by atoms with Crippen LogP contribution in [0.25, 0.3) is 21.0 Å². The highest BCUT2D eigenvalue weighted by Gasteiger charge is 2.32. The number of piperazine rings is 1. The topological polar surface area (TPSA) is 72.5 Å². The molecule has 0 amide bonds. The third-order valence-corrected chi connectivity index (χ3v) is 6.55. The Bertz CT molecular complexity index is 1190. The number of carboxylic acids is 1. The van der Waals surface area contributed by atoms with E-state index in [9.17, 15) is 9.90 Å². The molecule has 0 bridgehead atoms. The lowest BCUT2D eigenvalue weighted by molar-refractivity contribution is -0.143. The zero-order valence-electron chi connectivity index (χ0n) is 16.1. The molecule has 3 heterocycles. The van der Waals surface area contributed by atoms with Gasteiger partial charge in [-0.1, -0.05) is 23.8 Å². The first-order valence-corrected chi connectivity index (χ1v) is 10.5. The second kappa shape index (κ2) is 7.17. The van der Waals surface area contributed by atoms with Gasteiger partial charge in [0.25, 0.3) is 0 Å². The lowest BCUT2D eigenvalue weighted by Crippen LogP contribution is -2.49. The normalized spacial score (nSPS) is 16.5. The lowest BCUT2D eigenvalue weighted by Gasteiger charge is -2.38. The van der Waals surface area contributed by atoms with Gasteiger partial charge in [-0.15, -0.1) is 0 Å². The fourth-order valence-electron chi connectivity index (χ4n) is 4.26. The number of aromatic amines is 1. The van der Waals surface area contributed by atoms with Crippen molar-refractivity contribution in [3.05, 3.63) is 59.8 Å². The molecule has 1 fully saturated rings. The second-order valence-electron chi connectivity index (χ2n) is 7.56. The molecule has 7 heteroatoms. The number of carboxylic acid groups (broad SMARTS) is 1. The Kier molecular flexibility index (Phi) is 4.49. The maximum Gasteiger partial charge on any atom is 0.325 e. The Balaban J connectivity index is 1.40. The predicted molar refractivity (Wildman–Crippen MR) is 117 cm³/mol. The highest BCUT2D eigenvalue weighted by molar-refractivity contribution is 7.13. The van der Waals surface area contributed by atoms with Crippen LogP contribution in [-0.2, 0) is 4.79 Å². The highest BCUT2D eigenvalue weighted by Crippen LogP contribution is 2.33. The largest absolute Gasteiger partial charge is 0.480 e. The summed E-state index contributed by atoms with van der Waals surface area (Å²) in [7, 11) is 0. The van der Waals surface area contributed by atoms with Crippen molar-refractivity contribution in [2.45, 2.75) is 13.0 Å². The van der Waals surface area contributed by atoms with Gasteiger partial charge in [0.05, 0.1) is 4.70 Å². The van der Waals surface area contributed by atoms with E-state index in [1.165, 1.54) is 21.6 Å². The van der Waals surface area contributed by atoms with Crippen LogP contribution in [0, 0.1) is 6.92 Å². The number of rotatable bonds is 4. The van der Waals surface area contributed by atoms with Gasteiger partial charge in [0.2, 0.25) is 0 Å². The van der Waals surface area contributed by atoms with Gasteiger partial charge in [0, 0.05) is 54.2 Å². The summed E-state index contributed by atoms with van der Waals surface area (Å²) in [4.78, 5) is 19.8. The van der Waals surface area contributed by atoms with Gasteiger partial charge in [-0.05, 0) is 42.7 Å². The van der Waals surface area contributed by atoms with Crippen molar-refractivity contribution in [3.63, 3.8) is 0 Å². The Hall–Kier alpha value is -2.90. The number of aliphatic carboxylic acids is 1. The van der Waals surface area contributed by atoms with Crippen LogP contribution in [-0.4, -0.2) is 51.5 Å². The molecular weight excluding hydrogens is 384 g/mol. The number of aryl methyl sites for hydroxylation is 1. The van der Waals surface area contributed by atoms with Crippen LogP contribution in [0.3, 0.4) is 0 Å².